The number of benzene rings is 1. The van der Waals surface area contributed by atoms with Crippen LogP contribution in [-0.2, 0) is 0 Å². The average molecular weight is 293 g/mol. The van der Waals surface area contributed by atoms with Crippen LogP contribution in [0.1, 0.15) is 30.6 Å². The van der Waals surface area contributed by atoms with E-state index in [0.29, 0.717) is 23.7 Å². The van der Waals surface area contributed by atoms with Crippen molar-refractivity contribution in [3.63, 3.8) is 0 Å². The zero-order valence-corrected chi connectivity index (χ0v) is 11.9. The van der Waals surface area contributed by atoms with E-state index in [9.17, 15) is 8.78 Å². The number of nitrogens with zero attached hydrogens (tertiary/aromatic N) is 2. The number of halogens is 2. The topological polar surface area (TPSA) is 47.0 Å². The molecule has 1 aromatic carbocycles. The van der Waals surface area contributed by atoms with E-state index in [-0.39, 0.29) is 0 Å². The Bertz CT molecular complexity index is 570. The highest BCUT2D eigenvalue weighted by atomic mass is 19.1. The van der Waals surface area contributed by atoms with Gasteiger partial charge in [-0.2, -0.15) is 0 Å². The standard InChI is InChI=1S/C15H17F2N3O/c1-3-6-18-15(10-7-11(16)9-12(17)8-10)13-4-5-14(21-2)20-19-13/h4-5,7-9,15,18H,3,6H2,1-2H3. The van der Waals surface area contributed by atoms with E-state index in [1.807, 2.05) is 6.92 Å². The van der Waals surface area contributed by atoms with Crippen molar-refractivity contribution in [3.05, 3.63) is 53.2 Å². The summed E-state index contributed by atoms with van der Waals surface area (Å²) in [5.41, 5.74) is 1.05. The zero-order valence-electron chi connectivity index (χ0n) is 11.9. The van der Waals surface area contributed by atoms with Gasteiger partial charge in [0.15, 0.2) is 0 Å². The summed E-state index contributed by atoms with van der Waals surface area (Å²) in [6, 6.07) is 6.40. The van der Waals surface area contributed by atoms with Crippen molar-refractivity contribution >= 4 is 0 Å². The van der Waals surface area contributed by atoms with Gasteiger partial charge in [-0.15, -0.1) is 10.2 Å². The Kier molecular flexibility index (Phi) is 5.16. The lowest BCUT2D eigenvalue weighted by Crippen LogP contribution is -2.24. The van der Waals surface area contributed by atoms with Gasteiger partial charge in [0.05, 0.1) is 18.8 Å². The molecule has 0 aliphatic carbocycles. The normalized spacial score (nSPS) is 12.2. The lowest BCUT2D eigenvalue weighted by Gasteiger charge is -2.18. The molecule has 0 aliphatic heterocycles. The smallest absolute Gasteiger partial charge is 0.233 e. The van der Waals surface area contributed by atoms with Crippen molar-refractivity contribution < 1.29 is 13.5 Å². The summed E-state index contributed by atoms with van der Waals surface area (Å²) < 4.78 is 31.8. The molecule has 1 heterocycles. The molecule has 0 fully saturated rings. The van der Waals surface area contributed by atoms with Crippen LogP contribution in [0.3, 0.4) is 0 Å². The Hall–Kier alpha value is -2.08. The second-order valence-corrected chi connectivity index (χ2v) is 4.59. The van der Waals surface area contributed by atoms with E-state index < -0.39 is 17.7 Å². The number of rotatable bonds is 6. The molecule has 0 amide bonds. The number of methoxy groups -OCH3 is 1. The first-order valence-corrected chi connectivity index (χ1v) is 6.71. The number of ether oxygens (including phenoxy) is 1. The number of hydrogen-bond acceptors (Lipinski definition) is 4. The molecule has 0 spiro atoms. The van der Waals surface area contributed by atoms with E-state index >= 15 is 0 Å². The van der Waals surface area contributed by atoms with Crippen LogP contribution >= 0.6 is 0 Å². The fourth-order valence-corrected chi connectivity index (χ4v) is 2.02. The van der Waals surface area contributed by atoms with E-state index in [1.54, 1.807) is 12.1 Å². The van der Waals surface area contributed by atoms with E-state index in [2.05, 4.69) is 15.5 Å². The van der Waals surface area contributed by atoms with Crippen LogP contribution in [0.15, 0.2) is 30.3 Å². The van der Waals surface area contributed by atoms with E-state index in [1.165, 1.54) is 19.2 Å². The summed E-state index contributed by atoms with van der Waals surface area (Å²) in [7, 11) is 1.50. The fourth-order valence-electron chi connectivity index (χ4n) is 2.02. The third kappa shape index (κ3) is 3.95. The molecule has 1 atom stereocenters. The summed E-state index contributed by atoms with van der Waals surface area (Å²) >= 11 is 0. The molecule has 0 aliphatic rings. The molecule has 0 bridgehead atoms. The van der Waals surface area contributed by atoms with Crippen molar-refractivity contribution in [1.29, 1.82) is 0 Å². The highest BCUT2D eigenvalue weighted by Crippen LogP contribution is 2.23. The van der Waals surface area contributed by atoms with Crippen molar-refractivity contribution in [2.45, 2.75) is 19.4 Å². The minimum Gasteiger partial charge on any atom is -0.480 e. The van der Waals surface area contributed by atoms with Gasteiger partial charge in [-0.05, 0) is 36.7 Å². The second-order valence-electron chi connectivity index (χ2n) is 4.59. The lowest BCUT2D eigenvalue weighted by molar-refractivity contribution is 0.390. The third-order valence-corrected chi connectivity index (χ3v) is 2.98. The maximum absolute atomic E-state index is 13.4. The van der Waals surface area contributed by atoms with Crippen LogP contribution in [0.2, 0.25) is 0 Å². The molecule has 21 heavy (non-hydrogen) atoms. The van der Waals surface area contributed by atoms with Gasteiger partial charge < -0.3 is 10.1 Å². The molecule has 0 saturated heterocycles. The molecule has 6 heteroatoms. The maximum atomic E-state index is 13.4. The quantitative estimate of drug-likeness (QED) is 0.889. The molecule has 4 nitrogen and oxygen atoms in total. The maximum Gasteiger partial charge on any atom is 0.233 e. The van der Waals surface area contributed by atoms with Crippen molar-refractivity contribution in [3.8, 4) is 5.88 Å². The lowest BCUT2D eigenvalue weighted by atomic mass is 10.0. The van der Waals surface area contributed by atoms with Crippen molar-refractivity contribution in [2.75, 3.05) is 13.7 Å². The molecule has 2 rings (SSSR count). The molecule has 0 saturated carbocycles. The van der Waals surface area contributed by atoms with Crippen LogP contribution in [0.5, 0.6) is 5.88 Å². The predicted octanol–water partition coefficient (Wildman–Crippen LogP) is 2.85. The van der Waals surface area contributed by atoms with Gasteiger partial charge >= 0.3 is 0 Å². The van der Waals surface area contributed by atoms with Crippen LogP contribution < -0.4 is 10.1 Å². The summed E-state index contributed by atoms with van der Waals surface area (Å²) in [6.45, 7) is 2.70. The summed E-state index contributed by atoms with van der Waals surface area (Å²) in [5, 5.41) is 11.2. The van der Waals surface area contributed by atoms with Crippen molar-refractivity contribution in [1.82, 2.24) is 15.5 Å². The van der Waals surface area contributed by atoms with E-state index in [4.69, 9.17) is 4.74 Å². The SMILES string of the molecule is CCCNC(c1cc(F)cc(F)c1)c1ccc(OC)nn1. The Morgan fingerprint density at radius 2 is 1.86 bits per heavy atom. The van der Waals surface area contributed by atoms with Crippen LogP contribution in [0.25, 0.3) is 0 Å². The molecule has 1 N–H and O–H groups in total. The number of hydrogen-bond donors (Lipinski definition) is 1. The molecular formula is C15H17F2N3O. The monoisotopic (exact) mass is 293 g/mol. The number of nitrogens with one attached hydrogen (secondary N) is 1. The number of aromatic nitrogens is 2. The molecule has 1 aromatic heterocycles. The molecule has 2 aromatic rings. The summed E-state index contributed by atoms with van der Waals surface area (Å²) in [5.74, 6) is -0.844. The van der Waals surface area contributed by atoms with Gasteiger partial charge in [-0.25, -0.2) is 8.78 Å². The van der Waals surface area contributed by atoms with Gasteiger partial charge in [0.25, 0.3) is 0 Å². The first-order valence-electron chi connectivity index (χ1n) is 6.71. The molecule has 0 radical (unpaired) electrons. The Morgan fingerprint density at radius 3 is 2.38 bits per heavy atom. The summed E-state index contributed by atoms with van der Waals surface area (Å²) in [6.07, 6.45) is 0.887. The van der Waals surface area contributed by atoms with Gasteiger partial charge in [0.1, 0.15) is 11.6 Å². The minimum atomic E-state index is -0.616. The highest BCUT2D eigenvalue weighted by molar-refractivity contribution is 5.29. The Morgan fingerprint density at radius 1 is 1.14 bits per heavy atom. The molecule has 1 unspecified atom stereocenters. The fraction of sp³-hybridized carbons (Fsp3) is 0.333. The molecular weight excluding hydrogens is 276 g/mol. The van der Waals surface area contributed by atoms with Gasteiger partial charge in [0, 0.05) is 12.1 Å². The third-order valence-electron chi connectivity index (χ3n) is 2.98. The van der Waals surface area contributed by atoms with Gasteiger partial charge in [-0.1, -0.05) is 6.92 Å². The van der Waals surface area contributed by atoms with Crippen LogP contribution in [0, 0.1) is 11.6 Å². The largest absolute Gasteiger partial charge is 0.480 e. The average Bonchev–Trinajstić information content (AvgIpc) is 2.47. The van der Waals surface area contributed by atoms with Crippen LogP contribution in [0.4, 0.5) is 8.78 Å². The molecule has 112 valence electrons. The summed E-state index contributed by atoms with van der Waals surface area (Å²) in [4.78, 5) is 0. The van der Waals surface area contributed by atoms with E-state index in [0.717, 1.165) is 12.5 Å². The minimum absolute atomic E-state index is 0.387. The van der Waals surface area contributed by atoms with Crippen LogP contribution in [-0.4, -0.2) is 23.9 Å². The zero-order chi connectivity index (χ0) is 15.2. The first-order chi connectivity index (χ1) is 10.1. The van der Waals surface area contributed by atoms with Gasteiger partial charge in [0.2, 0.25) is 5.88 Å². The highest BCUT2D eigenvalue weighted by Gasteiger charge is 2.17. The van der Waals surface area contributed by atoms with Gasteiger partial charge in [-0.3, -0.25) is 0 Å². The first kappa shape index (κ1) is 15.3. The predicted molar refractivity (Wildman–Crippen MR) is 75.1 cm³/mol. The second kappa shape index (κ2) is 7.08. The Balaban J connectivity index is 2.36. The Labute approximate surface area is 122 Å². The van der Waals surface area contributed by atoms with Crippen molar-refractivity contribution in [2.24, 2.45) is 0 Å².